The van der Waals surface area contributed by atoms with Gasteiger partial charge in [0.05, 0.1) is 12.2 Å². The lowest BCUT2D eigenvalue weighted by molar-refractivity contribution is 0.102. The maximum atomic E-state index is 12.4. The molecule has 1 aliphatic rings. The van der Waals surface area contributed by atoms with Gasteiger partial charge in [-0.3, -0.25) is 4.79 Å². The van der Waals surface area contributed by atoms with E-state index in [0.29, 0.717) is 44.3 Å². The zero-order valence-corrected chi connectivity index (χ0v) is 16.2. The fourth-order valence-electron chi connectivity index (χ4n) is 2.93. The Bertz CT molecular complexity index is 800. The van der Waals surface area contributed by atoms with E-state index in [1.807, 2.05) is 29.2 Å². The van der Waals surface area contributed by atoms with Gasteiger partial charge in [0, 0.05) is 44.3 Å². The molecule has 0 radical (unpaired) electrons. The van der Waals surface area contributed by atoms with E-state index < -0.39 is 0 Å². The molecule has 1 aromatic heterocycles. The molecule has 0 atom stereocenters. The molecule has 1 aromatic carbocycles. The molecule has 1 N–H and O–H groups in total. The van der Waals surface area contributed by atoms with Crippen LogP contribution in [-0.4, -0.2) is 59.7 Å². The highest BCUT2D eigenvalue weighted by atomic mass is 16.6. The molecule has 3 rings (SSSR count). The highest BCUT2D eigenvalue weighted by Crippen LogP contribution is 2.14. The minimum atomic E-state index is -0.290. The predicted molar refractivity (Wildman–Crippen MR) is 107 cm³/mol. The van der Waals surface area contributed by atoms with Crippen LogP contribution in [0.15, 0.2) is 36.7 Å². The van der Waals surface area contributed by atoms with Gasteiger partial charge in [0.2, 0.25) is 5.95 Å². The summed E-state index contributed by atoms with van der Waals surface area (Å²) in [6.07, 6.45) is 3.71. The Balaban J connectivity index is 1.56. The monoisotopic (exact) mass is 383 g/mol. The number of nitrogens with one attached hydrogen (secondary N) is 1. The summed E-state index contributed by atoms with van der Waals surface area (Å²) >= 11 is 0. The van der Waals surface area contributed by atoms with Crippen LogP contribution in [0.25, 0.3) is 0 Å². The Kier molecular flexibility index (Phi) is 6.41. The summed E-state index contributed by atoms with van der Waals surface area (Å²) in [5.41, 5.74) is 2.35. The lowest BCUT2D eigenvalue weighted by Gasteiger charge is -2.33. The number of piperazine rings is 1. The van der Waals surface area contributed by atoms with Crippen LogP contribution in [-0.2, 0) is 11.2 Å². The van der Waals surface area contributed by atoms with Crippen molar-refractivity contribution in [3.05, 3.63) is 47.8 Å². The molecule has 0 unspecified atom stereocenters. The molecule has 8 heteroatoms. The molecule has 2 heterocycles. The normalized spacial score (nSPS) is 13.9. The van der Waals surface area contributed by atoms with Crippen LogP contribution < -0.4 is 10.2 Å². The second-order valence-corrected chi connectivity index (χ2v) is 6.45. The van der Waals surface area contributed by atoms with Crippen molar-refractivity contribution < 1.29 is 14.3 Å². The molecule has 28 heavy (non-hydrogen) atoms. The Morgan fingerprint density at radius 1 is 1.04 bits per heavy atom. The molecule has 1 saturated heterocycles. The van der Waals surface area contributed by atoms with E-state index in [4.69, 9.17) is 4.74 Å². The zero-order valence-electron chi connectivity index (χ0n) is 16.2. The average molecular weight is 383 g/mol. The van der Waals surface area contributed by atoms with Crippen molar-refractivity contribution in [3.63, 3.8) is 0 Å². The van der Waals surface area contributed by atoms with Gasteiger partial charge in [-0.25, -0.2) is 14.8 Å². The van der Waals surface area contributed by atoms with Crippen LogP contribution in [0, 0.1) is 0 Å². The van der Waals surface area contributed by atoms with Crippen molar-refractivity contribution >= 4 is 23.6 Å². The fraction of sp³-hybridized carbons (Fsp3) is 0.400. The van der Waals surface area contributed by atoms with Gasteiger partial charge in [-0.2, -0.15) is 0 Å². The highest BCUT2D eigenvalue weighted by Gasteiger charge is 2.23. The van der Waals surface area contributed by atoms with Crippen molar-refractivity contribution in [2.45, 2.75) is 20.3 Å². The van der Waals surface area contributed by atoms with Crippen LogP contribution >= 0.6 is 0 Å². The minimum absolute atomic E-state index is 0.247. The van der Waals surface area contributed by atoms with Gasteiger partial charge >= 0.3 is 6.09 Å². The first-order chi connectivity index (χ1) is 13.6. The van der Waals surface area contributed by atoms with Crippen LogP contribution in [0.3, 0.4) is 0 Å². The third kappa shape index (κ3) is 4.76. The summed E-state index contributed by atoms with van der Waals surface area (Å²) < 4.78 is 5.02. The van der Waals surface area contributed by atoms with E-state index in [9.17, 15) is 9.59 Å². The van der Waals surface area contributed by atoms with Crippen molar-refractivity contribution in [2.24, 2.45) is 0 Å². The number of carbonyl (C=O) groups excluding carboxylic acids is 2. The third-order valence-electron chi connectivity index (χ3n) is 4.61. The third-order valence-corrected chi connectivity index (χ3v) is 4.61. The van der Waals surface area contributed by atoms with Crippen molar-refractivity contribution in [1.82, 2.24) is 14.9 Å². The van der Waals surface area contributed by atoms with Gasteiger partial charge in [0.15, 0.2) is 0 Å². The molecule has 0 bridgehead atoms. The molecule has 1 fully saturated rings. The largest absolute Gasteiger partial charge is 0.450 e. The number of anilines is 2. The first-order valence-corrected chi connectivity index (χ1v) is 9.49. The highest BCUT2D eigenvalue weighted by molar-refractivity contribution is 6.03. The summed E-state index contributed by atoms with van der Waals surface area (Å²) in [5.74, 6) is 0.301. The average Bonchev–Trinajstić information content (AvgIpc) is 2.74. The number of aromatic nitrogens is 2. The summed E-state index contributed by atoms with van der Waals surface area (Å²) in [6.45, 7) is 6.59. The second-order valence-electron chi connectivity index (χ2n) is 6.45. The van der Waals surface area contributed by atoms with E-state index in [1.54, 1.807) is 11.8 Å². The van der Waals surface area contributed by atoms with Crippen LogP contribution in [0.2, 0.25) is 0 Å². The second kappa shape index (κ2) is 9.16. The van der Waals surface area contributed by atoms with Gasteiger partial charge < -0.3 is 19.9 Å². The van der Waals surface area contributed by atoms with Gasteiger partial charge in [-0.15, -0.1) is 0 Å². The molecule has 0 aliphatic carbocycles. The Morgan fingerprint density at radius 3 is 2.25 bits per heavy atom. The zero-order chi connectivity index (χ0) is 19.9. The van der Waals surface area contributed by atoms with Gasteiger partial charge in [0.25, 0.3) is 5.91 Å². The number of nitrogens with zero attached hydrogens (tertiary/aromatic N) is 4. The number of amides is 2. The van der Waals surface area contributed by atoms with Crippen LogP contribution in [0.4, 0.5) is 16.4 Å². The molecule has 0 spiro atoms. The predicted octanol–water partition coefficient (Wildman–Crippen LogP) is 2.57. The van der Waals surface area contributed by atoms with E-state index in [1.165, 1.54) is 18.0 Å². The van der Waals surface area contributed by atoms with Gasteiger partial charge in [-0.1, -0.05) is 19.1 Å². The maximum absolute atomic E-state index is 12.4. The van der Waals surface area contributed by atoms with Crippen molar-refractivity contribution in [1.29, 1.82) is 0 Å². The van der Waals surface area contributed by atoms with Crippen molar-refractivity contribution in [3.8, 4) is 0 Å². The van der Waals surface area contributed by atoms with E-state index >= 15 is 0 Å². The maximum Gasteiger partial charge on any atom is 0.409 e. The van der Waals surface area contributed by atoms with Gasteiger partial charge in [-0.05, 0) is 31.0 Å². The summed E-state index contributed by atoms with van der Waals surface area (Å²) in [7, 11) is 0. The van der Waals surface area contributed by atoms with E-state index in [2.05, 4.69) is 22.2 Å². The number of aryl methyl sites for hydroxylation is 1. The summed E-state index contributed by atoms with van der Waals surface area (Å²) in [4.78, 5) is 36.4. The summed E-state index contributed by atoms with van der Waals surface area (Å²) in [6, 6.07) is 7.75. The first-order valence-electron chi connectivity index (χ1n) is 9.49. The Labute approximate surface area is 164 Å². The Hall–Kier alpha value is -3.16. The lowest BCUT2D eigenvalue weighted by atomic mass is 10.1. The number of hydrogen-bond donors (Lipinski definition) is 1. The van der Waals surface area contributed by atoms with Crippen molar-refractivity contribution in [2.75, 3.05) is 43.0 Å². The quantitative estimate of drug-likeness (QED) is 0.854. The first kappa shape index (κ1) is 19.6. The molecule has 8 nitrogen and oxygen atoms in total. The number of ether oxygens (including phenoxy) is 1. The number of rotatable bonds is 5. The number of carbonyl (C=O) groups is 2. The number of hydrogen-bond acceptors (Lipinski definition) is 6. The fourth-order valence-corrected chi connectivity index (χ4v) is 2.93. The topological polar surface area (TPSA) is 87.7 Å². The van der Waals surface area contributed by atoms with E-state index in [0.717, 1.165) is 12.1 Å². The molecule has 1 aliphatic heterocycles. The standard InChI is InChI=1S/C20H25N5O3/c1-3-15-5-7-17(8-6-15)23-18(26)16-13-21-19(22-14-16)24-9-11-25(12-10-24)20(27)28-4-2/h5-8,13-14H,3-4,9-12H2,1-2H3,(H,23,26). The molecular weight excluding hydrogens is 358 g/mol. The molecule has 0 saturated carbocycles. The van der Waals surface area contributed by atoms with E-state index in [-0.39, 0.29) is 12.0 Å². The molecule has 148 valence electrons. The smallest absolute Gasteiger partial charge is 0.409 e. The molecule has 2 amide bonds. The van der Waals surface area contributed by atoms with Gasteiger partial charge in [0.1, 0.15) is 0 Å². The Morgan fingerprint density at radius 2 is 1.68 bits per heavy atom. The van der Waals surface area contributed by atoms with Crippen LogP contribution in [0.1, 0.15) is 29.8 Å². The lowest BCUT2D eigenvalue weighted by Crippen LogP contribution is -2.49. The number of benzene rings is 1. The summed E-state index contributed by atoms with van der Waals surface area (Å²) in [5, 5.41) is 2.85. The SMILES string of the molecule is CCOC(=O)N1CCN(c2ncc(C(=O)Nc3ccc(CC)cc3)cn2)CC1. The molecular formula is C20H25N5O3. The molecule has 2 aromatic rings. The minimum Gasteiger partial charge on any atom is -0.450 e. The van der Waals surface area contributed by atoms with Crippen LogP contribution in [0.5, 0.6) is 0 Å².